The van der Waals surface area contributed by atoms with Gasteiger partial charge in [-0.1, -0.05) is 38.1 Å². The van der Waals surface area contributed by atoms with E-state index in [1.165, 1.54) is 5.56 Å². The summed E-state index contributed by atoms with van der Waals surface area (Å²) in [7, 11) is 0. The Hall–Kier alpha value is -2.95. The third-order valence-corrected chi connectivity index (χ3v) is 5.73. The first-order valence-corrected chi connectivity index (χ1v) is 9.81. The molecule has 4 rings (SSSR count). The Balaban J connectivity index is 1.63. The topological polar surface area (TPSA) is 57.7 Å². The standard InChI is InChI=1S/C23H24N2O3/c1-14(2)16-10-11-20-17(13-16)7-6-12-24(20)21(26)15(3)25-22(27)18-8-4-5-9-19(18)23(25)28/h4-5,8-11,13-15H,6-7,12H2,1-3H3. The lowest BCUT2D eigenvalue weighted by Gasteiger charge is -2.34. The zero-order chi connectivity index (χ0) is 20.0. The van der Waals surface area contributed by atoms with Gasteiger partial charge in [0.25, 0.3) is 11.8 Å². The Morgan fingerprint density at radius 1 is 0.964 bits per heavy atom. The van der Waals surface area contributed by atoms with E-state index in [9.17, 15) is 14.4 Å². The van der Waals surface area contributed by atoms with Crippen molar-refractivity contribution in [3.63, 3.8) is 0 Å². The molecule has 0 spiro atoms. The molecular weight excluding hydrogens is 352 g/mol. The van der Waals surface area contributed by atoms with Crippen molar-refractivity contribution in [1.29, 1.82) is 0 Å². The van der Waals surface area contributed by atoms with Gasteiger partial charge in [0.1, 0.15) is 6.04 Å². The smallest absolute Gasteiger partial charge is 0.262 e. The van der Waals surface area contributed by atoms with Gasteiger partial charge < -0.3 is 4.90 Å². The normalized spacial score (nSPS) is 17.0. The van der Waals surface area contributed by atoms with E-state index in [4.69, 9.17) is 0 Å². The fourth-order valence-corrected chi connectivity index (χ4v) is 4.10. The molecule has 2 aliphatic heterocycles. The van der Waals surface area contributed by atoms with Gasteiger partial charge in [0.05, 0.1) is 11.1 Å². The van der Waals surface area contributed by atoms with Gasteiger partial charge in [0.2, 0.25) is 5.91 Å². The molecule has 1 unspecified atom stereocenters. The molecule has 2 aromatic carbocycles. The minimum atomic E-state index is -0.844. The number of imide groups is 1. The van der Waals surface area contributed by atoms with Crippen LogP contribution in [0.3, 0.4) is 0 Å². The summed E-state index contributed by atoms with van der Waals surface area (Å²) in [6, 6.07) is 12.1. The largest absolute Gasteiger partial charge is 0.310 e. The van der Waals surface area contributed by atoms with E-state index >= 15 is 0 Å². The summed E-state index contributed by atoms with van der Waals surface area (Å²) in [4.78, 5) is 41.6. The van der Waals surface area contributed by atoms with E-state index in [2.05, 4.69) is 26.0 Å². The Morgan fingerprint density at radius 2 is 1.61 bits per heavy atom. The monoisotopic (exact) mass is 376 g/mol. The Labute approximate surface area is 164 Å². The Bertz CT molecular complexity index is 945. The van der Waals surface area contributed by atoms with Crippen LogP contribution in [0.15, 0.2) is 42.5 Å². The summed E-state index contributed by atoms with van der Waals surface area (Å²) in [5.74, 6) is -0.580. The second-order valence-corrected chi connectivity index (χ2v) is 7.84. The molecule has 0 saturated heterocycles. The number of carbonyl (C=O) groups excluding carboxylic acids is 3. The van der Waals surface area contributed by atoms with E-state index in [1.807, 2.05) is 6.07 Å². The van der Waals surface area contributed by atoms with Crippen molar-refractivity contribution in [3.05, 3.63) is 64.7 Å². The highest BCUT2D eigenvalue weighted by Crippen LogP contribution is 2.32. The zero-order valence-electron chi connectivity index (χ0n) is 16.4. The van der Waals surface area contributed by atoms with Gasteiger partial charge in [0, 0.05) is 12.2 Å². The van der Waals surface area contributed by atoms with E-state index in [1.54, 1.807) is 36.1 Å². The third-order valence-electron chi connectivity index (χ3n) is 5.73. The molecule has 1 atom stereocenters. The lowest BCUT2D eigenvalue weighted by molar-refractivity contribution is -0.122. The summed E-state index contributed by atoms with van der Waals surface area (Å²) < 4.78 is 0. The van der Waals surface area contributed by atoms with Crippen LogP contribution in [0.25, 0.3) is 0 Å². The molecule has 0 bridgehead atoms. The minimum Gasteiger partial charge on any atom is -0.310 e. The number of carbonyl (C=O) groups is 3. The van der Waals surface area contributed by atoms with Crippen LogP contribution >= 0.6 is 0 Å². The van der Waals surface area contributed by atoms with E-state index in [0.29, 0.717) is 23.6 Å². The van der Waals surface area contributed by atoms with Gasteiger partial charge in [-0.15, -0.1) is 0 Å². The highest BCUT2D eigenvalue weighted by atomic mass is 16.2. The van der Waals surface area contributed by atoms with Crippen LogP contribution in [-0.2, 0) is 11.2 Å². The molecule has 0 radical (unpaired) electrons. The van der Waals surface area contributed by atoms with Gasteiger partial charge in [0.15, 0.2) is 0 Å². The van der Waals surface area contributed by atoms with Gasteiger partial charge in [-0.05, 0) is 55.0 Å². The molecule has 5 nitrogen and oxygen atoms in total. The molecule has 28 heavy (non-hydrogen) atoms. The minimum absolute atomic E-state index is 0.215. The SMILES string of the molecule is CC(C)c1ccc2c(c1)CCCN2C(=O)C(C)N1C(=O)c2ccccc2C1=O. The maximum atomic E-state index is 13.3. The number of fused-ring (bicyclic) bond motifs is 2. The molecule has 0 aromatic heterocycles. The van der Waals surface area contributed by atoms with Crippen LogP contribution in [0.4, 0.5) is 5.69 Å². The van der Waals surface area contributed by atoms with Crippen LogP contribution in [0.1, 0.15) is 65.0 Å². The second kappa shape index (κ2) is 6.89. The first kappa shape index (κ1) is 18.4. The molecule has 3 amide bonds. The van der Waals surface area contributed by atoms with E-state index in [0.717, 1.165) is 29.0 Å². The molecule has 2 aliphatic rings. The molecular formula is C23H24N2O3. The number of rotatable bonds is 3. The molecule has 0 N–H and O–H groups in total. The van der Waals surface area contributed by atoms with Gasteiger partial charge >= 0.3 is 0 Å². The van der Waals surface area contributed by atoms with Crippen molar-refractivity contribution >= 4 is 23.4 Å². The lowest BCUT2D eigenvalue weighted by Crippen LogP contribution is -2.50. The number of aryl methyl sites for hydroxylation is 1. The Morgan fingerprint density at radius 3 is 2.21 bits per heavy atom. The molecule has 5 heteroatoms. The summed E-state index contributed by atoms with van der Waals surface area (Å²) in [6.07, 6.45) is 1.80. The van der Waals surface area contributed by atoms with Crippen molar-refractivity contribution in [2.75, 3.05) is 11.4 Å². The van der Waals surface area contributed by atoms with Crippen molar-refractivity contribution in [2.45, 2.75) is 45.6 Å². The second-order valence-electron chi connectivity index (χ2n) is 7.84. The summed E-state index contributed by atoms with van der Waals surface area (Å²) >= 11 is 0. The fraction of sp³-hybridized carbons (Fsp3) is 0.348. The maximum Gasteiger partial charge on any atom is 0.262 e. The van der Waals surface area contributed by atoms with E-state index < -0.39 is 17.9 Å². The summed E-state index contributed by atoms with van der Waals surface area (Å²) in [5.41, 5.74) is 4.03. The first-order chi connectivity index (χ1) is 13.4. The molecule has 0 aliphatic carbocycles. The quantitative estimate of drug-likeness (QED) is 0.766. The average Bonchev–Trinajstić information content (AvgIpc) is 2.96. The van der Waals surface area contributed by atoms with Crippen molar-refractivity contribution in [2.24, 2.45) is 0 Å². The zero-order valence-corrected chi connectivity index (χ0v) is 16.4. The lowest BCUT2D eigenvalue weighted by atomic mass is 9.94. The van der Waals surface area contributed by atoms with Crippen molar-refractivity contribution in [3.8, 4) is 0 Å². The van der Waals surface area contributed by atoms with Crippen molar-refractivity contribution < 1.29 is 14.4 Å². The summed E-state index contributed by atoms with van der Waals surface area (Å²) in [5, 5.41) is 0. The maximum absolute atomic E-state index is 13.3. The van der Waals surface area contributed by atoms with E-state index in [-0.39, 0.29) is 5.91 Å². The van der Waals surface area contributed by atoms with Crippen LogP contribution in [0.2, 0.25) is 0 Å². The number of hydrogen-bond acceptors (Lipinski definition) is 3. The first-order valence-electron chi connectivity index (χ1n) is 9.81. The van der Waals surface area contributed by atoms with Crippen LogP contribution in [0, 0.1) is 0 Å². The highest BCUT2D eigenvalue weighted by molar-refractivity contribution is 6.23. The molecule has 0 fully saturated rings. The van der Waals surface area contributed by atoms with Crippen LogP contribution < -0.4 is 4.90 Å². The van der Waals surface area contributed by atoms with Gasteiger partial charge in [-0.2, -0.15) is 0 Å². The van der Waals surface area contributed by atoms with Gasteiger partial charge in [-0.3, -0.25) is 19.3 Å². The Kier molecular flexibility index (Phi) is 4.53. The van der Waals surface area contributed by atoms with Crippen LogP contribution in [-0.4, -0.2) is 35.2 Å². The number of hydrogen-bond donors (Lipinski definition) is 0. The predicted octanol–water partition coefficient (Wildman–Crippen LogP) is 3.77. The molecule has 144 valence electrons. The summed E-state index contributed by atoms with van der Waals surface area (Å²) in [6.45, 7) is 6.54. The predicted molar refractivity (Wildman–Crippen MR) is 108 cm³/mol. The fourth-order valence-electron chi connectivity index (χ4n) is 4.10. The van der Waals surface area contributed by atoms with Gasteiger partial charge in [-0.25, -0.2) is 0 Å². The number of amides is 3. The average molecular weight is 376 g/mol. The number of nitrogens with zero attached hydrogens (tertiary/aromatic N) is 2. The molecule has 2 aromatic rings. The third kappa shape index (κ3) is 2.82. The highest BCUT2D eigenvalue weighted by Gasteiger charge is 2.42. The molecule has 2 heterocycles. The molecule has 0 saturated carbocycles. The van der Waals surface area contributed by atoms with Crippen molar-refractivity contribution in [1.82, 2.24) is 4.90 Å². The number of benzene rings is 2. The number of anilines is 1. The van der Waals surface area contributed by atoms with Crippen LogP contribution in [0.5, 0.6) is 0 Å².